The zero-order valence-electron chi connectivity index (χ0n) is 11.4. The van der Waals surface area contributed by atoms with Gasteiger partial charge in [0.2, 0.25) is 0 Å². The average Bonchev–Trinajstić information content (AvgIpc) is 2.48. The maximum absolute atomic E-state index is 12.0. The Labute approximate surface area is 116 Å². The molecule has 1 aliphatic rings. The number of hydrogen-bond acceptors (Lipinski definition) is 6. The zero-order valence-corrected chi connectivity index (χ0v) is 11.4. The van der Waals surface area contributed by atoms with Crippen LogP contribution in [0.5, 0.6) is 0 Å². The van der Waals surface area contributed by atoms with Gasteiger partial charge in [0.25, 0.3) is 5.82 Å². The van der Waals surface area contributed by atoms with Crippen molar-refractivity contribution in [2.24, 2.45) is 0 Å². The van der Waals surface area contributed by atoms with Gasteiger partial charge in [-0.2, -0.15) is 4.57 Å². The Morgan fingerprint density at radius 2 is 2.10 bits per heavy atom. The average molecular weight is 280 g/mol. The van der Waals surface area contributed by atoms with Crippen molar-refractivity contribution in [3.63, 3.8) is 0 Å². The molecule has 0 bridgehead atoms. The number of ether oxygens (including phenoxy) is 2. The molecule has 108 valence electrons. The molecule has 1 aliphatic heterocycles. The number of pyridine rings is 1. The zero-order chi connectivity index (χ0) is 14.5. The van der Waals surface area contributed by atoms with E-state index in [1.165, 1.54) is 0 Å². The summed E-state index contributed by atoms with van der Waals surface area (Å²) in [5, 5.41) is 0. The van der Waals surface area contributed by atoms with E-state index in [9.17, 15) is 9.59 Å². The number of anilines is 2. The molecule has 7 heteroatoms. The van der Waals surface area contributed by atoms with Crippen molar-refractivity contribution in [3.8, 4) is 0 Å². The molecule has 0 saturated carbocycles. The van der Waals surface area contributed by atoms with Crippen molar-refractivity contribution < 1.29 is 23.6 Å². The Hall–Kier alpha value is -2.15. The topological polar surface area (TPSA) is 85.7 Å². The van der Waals surface area contributed by atoms with Crippen LogP contribution >= 0.6 is 0 Å². The van der Waals surface area contributed by atoms with E-state index in [1.807, 2.05) is 6.07 Å². The summed E-state index contributed by atoms with van der Waals surface area (Å²) in [6.07, 6.45) is 1.56. The van der Waals surface area contributed by atoms with Gasteiger partial charge in [-0.15, -0.1) is 0 Å². The molecule has 0 unspecified atom stereocenters. The number of nitrogens with zero attached hydrogens (tertiary/aromatic N) is 2. The van der Waals surface area contributed by atoms with Crippen LogP contribution in [0, 0.1) is 0 Å². The molecule has 0 aliphatic carbocycles. The number of morpholine rings is 1. The number of nitrogen functional groups attached to an aromatic ring is 1. The van der Waals surface area contributed by atoms with Crippen LogP contribution in [0.15, 0.2) is 18.3 Å². The van der Waals surface area contributed by atoms with Gasteiger partial charge in [-0.3, -0.25) is 5.73 Å². The van der Waals surface area contributed by atoms with Gasteiger partial charge >= 0.3 is 11.9 Å². The maximum atomic E-state index is 12.0. The fourth-order valence-corrected chi connectivity index (χ4v) is 1.98. The van der Waals surface area contributed by atoms with Crippen LogP contribution in [0.1, 0.15) is 11.7 Å². The highest BCUT2D eigenvalue weighted by Gasteiger charge is 2.26. The number of rotatable bonds is 2. The predicted octanol–water partition coefficient (Wildman–Crippen LogP) is -0.404. The monoisotopic (exact) mass is 280 g/mol. The van der Waals surface area contributed by atoms with E-state index in [2.05, 4.69) is 4.90 Å². The van der Waals surface area contributed by atoms with Crippen LogP contribution in [0.2, 0.25) is 0 Å². The predicted molar refractivity (Wildman–Crippen MR) is 71.3 cm³/mol. The highest BCUT2D eigenvalue weighted by molar-refractivity contribution is 6.28. The highest BCUT2D eigenvalue weighted by Crippen LogP contribution is 2.14. The Bertz CT molecular complexity index is 512. The summed E-state index contributed by atoms with van der Waals surface area (Å²) in [5.41, 5.74) is 6.56. The van der Waals surface area contributed by atoms with E-state index in [0.717, 1.165) is 23.3 Å². The third kappa shape index (κ3) is 3.05. The van der Waals surface area contributed by atoms with Crippen LogP contribution in [-0.4, -0.2) is 44.8 Å². The smallest absolute Gasteiger partial charge is 0.424 e. The first kappa shape index (κ1) is 14.3. The summed E-state index contributed by atoms with van der Waals surface area (Å²) in [6, 6.07) is 3.41. The first-order chi connectivity index (χ1) is 9.63. The third-order valence-electron chi connectivity index (χ3n) is 3.01. The molecule has 2 heterocycles. The fourth-order valence-electron chi connectivity index (χ4n) is 1.98. The van der Waals surface area contributed by atoms with Crippen molar-refractivity contribution in [3.05, 3.63) is 18.3 Å². The molecule has 0 amide bonds. The van der Waals surface area contributed by atoms with E-state index in [1.54, 1.807) is 19.2 Å². The van der Waals surface area contributed by atoms with Crippen LogP contribution in [0.4, 0.5) is 11.5 Å². The van der Waals surface area contributed by atoms with E-state index >= 15 is 0 Å². The van der Waals surface area contributed by atoms with Gasteiger partial charge in [-0.05, 0) is 13.0 Å². The number of nitrogens with two attached hydrogens (primary N) is 1. The normalized spacial score (nSPS) is 14.9. The molecule has 1 saturated heterocycles. The summed E-state index contributed by atoms with van der Waals surface area (Å²) in [7, 11) is 0. The molecular weight excluding hydrogens is 262 g/mol. The number of aromatic nitrogens is 1. The summed E-state index contributed by atoms with van der Waals surface area (Å²) in [6.45, 7) is 4.53. The van der Waals surface area contributed by atoms with E-state index < -0.39 is 11.9 Å². The Balaban J connectivity index is 2.24. The maximum Gasteiger partial charge on any atom is 0.424 e. The Kier molecular flexibility index (Phi) is 4.52. The molecule has 1 aromatic rings. The lowest BCUT2D eigenvalue weighted by Crippen LogP contribution is -2.50. The molecule has 2 N–H and O–H groups in total. The van der Waals surface area contributed by atoms with Crippen molar-refractivity contribution in [1.82, 2.24) is 0 Å². The SMILES string of the molecule is CCOC(=O)C(=O)[n+]1cc(N2CCOCC2)ccc1N. The first-order valence-corrected chi connectivity index (χ1v) is 6.49. The second-order valence-electron chi connectivity index (χ2n) is 4.31. The molecule has 0 aromatic carbocycles. The summed E-state index contributed by atoms with van der Waals surface area (Å²) < 4.78 is 11.1. The van der Waals surface area contributed by atoms with Crippen LogP contribution in [-0.2, 0) is 14.3 Å². The van der Waals surface area contributed by atoms with Crippen LogP contribution < -0.4 is 15.2 Å². The van der Waals surface area contributed by atoms with E-state index in [-0.39, 0.29) is 12.4 Å². The van der Waals surface area contributed by atoms with Gasteiger partial charge in [0.1, 0.15) is 6.20 Å². The fraction of sp³-hybridized carbons (Fsp3) is 0.462. The molecule has 0 atom stereocenters. The summed E-state index contributed by atoms with van der Waals surface area (Å²) in [5.74, 6) is -1.51. The van der Waals surface area contributed by atoms with Crippen LogP contribution in [0.25, 0.3) is 0 Å². The van der Waals surface area contributed by atoms with E-state index in [0.29, 0.717) is 13.2 Å². The lowest BCUT2D eigenvalue weighted by Gasteiger charge is -2.28. The van der Waals surface area contributed by atoms with Gasteiger partial charge in [0.05, 0.1) is 25.5 Å². The minimum Gasteiger partial charge on any atom is -0.457 e. The lowest BCUT2D eigenvalue weighted by atomic mass is 10.3. The van der Waals surface area contributed by atoms with E-state index in [4.69, 9.17) is 15.2 Å². The Morgan fingerprint density at radius 1 is 1.40 bits per heavy atom. The number of carbonyl (C=O) groups is 2. The first-order valence-electron chi connectivity index (χ1n) is 6.49. The molecule has 2 rings (SSSR count). The van der Waals surface area contributed by atoms with Gasteiger partial charge in [-0.25, -0.2) is 9.59 Å². The molecular formula is C13H18N3O4+. The van der Waals surface area contributed by atoms with Gasteiger partial charge in [0, 0.05) is 19.2 Å². The van der Waals surface area contributed by atoms with Gasteiger partial charge in [-0.1, -0.05) is 0 Å². The highest BCUT2D eigenvalue weighted by atomic mass is 16.5. The molecule has 0 radical (unpaired) electrons. The molecule has 1 aromatic heterocycles. The van der Waals surface area contributed by atoms with Crippen molar-refractivity contribution in [2.75, 3.05) is 43.5 Å². The lowest BCUT2D eigenvalue weighted by molar-refractivity contribution is -0.554. The number of esters is 1. The van der Waals surface area contributed by atoms with Crippen molar-refractivity contribution >= 4 is 23.4 Å². The molecule has 7 nitrogen and oxygen atoms in total. The molecule has 0 spiro atoms. The quantitative estimate of drug-likeness (QED) is 0.450. The minimum atomic E-state index is -0.914. The summed E-state index contributed by atoms with van der Waals surface area (Å²) in [4.78, 5) is 25.5. The van der Waals surface area contributed by atoms with Gasteiger partial charge in [0.15, 0.2) is 0 Å². The molecule has 1 fully saturated rings. The van der Waals surface area contributed by atoms with Crippen LogP contribution in [0.3, 0.4) is 0 Å². The minimum absolute atomic E-state index is 0.147. The van der Waals surface area contributed by atoms with Crippen molar-refractivity contribution in [2.45, 2.75) is 6.92 Å². The summed E-state index contributed by atoms with van der Waals surface area (Å²) >= 11 is 0. The second kappa shape index (κ2) is 6.33. The number of carbonyl (C=O) groups excluding carboxylic acids is 2. The standard InChI is InChI=1S/C13H17N3O4/c1-2-20-13(18)12(17)16-9-10(3-4-11(16)14)15-5-7-19-8-6-15/h3-4,9,14H,2,5-8H2,1H3/p+1. The Morgan fingerprint density at radius 3 is 2.75 bits per heavy atom. The largest absolute Gasteiger partial charge is 0.457 e. The number of hydrogen-bond donors (Lipinski definition) is 1. The second-order valence-corrected chi connectivity index (χ2v) is 4.31. The van der Waals surface area contributed by atoms with Crippen molar-refractivity contribution in [1.29, 1.82) is 0 Å². The third-order valence-corrected chi connectivity index (χ3v) is 3.01. The molecule has 20 heavy (non-hydrogen) atoms. The van der Waals surface area contributed by atoms with Gasteiger partial charge < -0.3 is 14.4 Å².